The van der Waals surface area contributed by atoms with E-state index >= 15 is 0 Å². The number of anilines is 1. The molecule has 2 N–H and O–H groups in total. The number of rotatable bonds is 5. The molecule has 0 spiro atoms. The van der Waals surface area contributed by atoms with Gasteiger partial charge < -0.3 is 15.5 Å². The lowest BCUT2D eigenvalue weighted by Gasteiger charge is -2.32. The lowest BCUT2D eigenvalue weighted by molar-refractivity contribution is -0.128. The molecule has 5 heteroatoms. The smallest absolute Gasteiger partial charge is 0.227 e. The van der Waals surface area contributed by atoms with Gasteiger partial charge in [-0.05, 0) is 30.6 Å². The molecule has 1 aliphatic heterocycles. The molecule has 1 saturated heterocycles. The summed E-state index contributed by atoms with van der Waals surface area (Å²) in [4.78, 5) is 25.3. The number of nitrogens with zero attached hydrogens (tertiary/aromatic N) is 1. The summed E-state index contributed by atoms with van der Waals surface area (Å²) in [5.41, 5.74) is 1.73. The Morgan fingerprint density at radius 1 is 1.38 bits per heavy atom. The van der Waals surface area contributed by atoms with Crippen LogP contribution in [0.1, 0.15) is 19.4 Å². The topological polar surface area (TPSA) is 61.4 Å². The number of benzene rings is 1. The Balaban J connectivity index is 2.05. The van der Waals surface area contributed by atoms with Crippen molar-refractivity contribution in [2.75, 3.05) is 25.5 Å². The molecule has 21 heavy (non-hydrogen) atoms. The van der Waals surface area contributed by atoms with Crippen LogP contribution in [0.5, 0.6) is 0 Å². The van der Waals surface area contributed by atoms with Crippen molar-refractivity contribution in [3.63, 3.8) is 0 Å². The molecule has 0 saturated carbocycles. The zero-order chi connectivity index (χ0) is 15.4. The van der Waals surface area contributed by atoms with Gasteiger partial charge in [0.1, 0.15) is 0 Å². The van der Waals surface area contributed by atoms with Crippen LogP contribution < -0.4 is 10.6 Å². The molecule has 0 aromatic heterocycles. The van der Waals surface area contributed by atoms with E-state index in [2.05, 4.69) is 10.6 Å². The van der Waals surface area contributed by atoms with Crippen LogP contribution in [0.25, 0.3) is 0 Å². The summed E-state index contributed by atoms with van der Waals surface area (Å²) < 4.78 is 0. The number of carbonyl (C=O) groups excluding carboxylic acids is 2. The predicted molar refractivity (Wildman–Crippen MR) is 82.7 cm³/mol. The summed E-state index contributed by atoms with van der Waals surface area (Å²) in [6, 6.07) is 7.62. The van der Waals surface area contributed by atoms with Gasteiger partial charge in [0.2, 0.25) is 11.8 Å². The van der Waals surface area contributed by atoms with Crippen LogP contribution in [0.2, 0.25) is 0 Å². The summed E-state index contributed by atoms with van der Waals surface area (Å²) in [6.45, 7) is 5.80. The van der Waals surface area contributed by atoms with Gasteiger partial charge in [0.25, 0.3) is 0 Å². The maximum Gasteiger partial charge on any atom is 0.227 e. The fourth-order valence-electron chi connectivity index (χ4n) is 2.27. The fourth-order valence-corrected chi connectivity index (χ4v) is 2.27. The lowest BCUT2D eigenvalue weighted by Crippen LogP contribution is -2.48. The highest BCUT2D eigenvalue weighted by atomic mass is 16.2. The molecule has 1 aromatic rings. The minimum absolute atomic E-state index is 0.00467. The third-order valence-corrected chi connectivity index (χ3v) is 4.15. The minimum atomic E-state index is -0.00940. The molecular formula is C16H23N3O2. The fraction of sp³-hybridized carbons (Fsp3) is 0.500. The first-order chi connectivity index (χ1) is 9.99. The monoisotopic (exact) mass is 289 g/mol. The minimum Gasteiger partial charge on any atom is -0.342 e. The van der Waals surface area contributed by atoms with E-state index in [0.717, 1.165) is 24.3 Å². The number of carbonyl (C=O) groups is 2. The van der Waals surface area contributed by atoms with E-state index in [0.29, 0.717) is 12.5 Å². The Kier molecular flexibility index (Phi) is 4.96. The highest BCUT2D eigenvalue weighted by Crippen LogP contribution is 2.21. The normalized spacial score (nSPS) is 16.0. The number of amides is 2. The highest BCUT2D eigenvalue weighted by Gasteiger charge is 2.28. The first kappa shape index (κ1) is 15.5. The number of hydrogen-bond acceptors (Lipinski definition) is 3. The van der Waals surface area contributed by atoms with Crippen LogP contribution in [0.4, 0.5) is 5.69 Å². The molecule has 0 radical (unpaired) electrons. The average Bonchev–Trinajstić information content (AvgIpc) is 2.38. The molecule has 2 amide bonds. The first-order valence-electron chi connectivity index (χ1n) is 7.30. The summed E-state index contributed by atoms with van der Waals surface area (Å²) in [7, 11) is 1.75. The standard InChI is InChI=1S/C16H23N3O2/c1-11(14-8-17-9-14)16(21)18-15-7-5-4-6-13(15)10-19(3)12(2)20/h4-7,11,14,17H,8-10H2,1-3H3,(H,18,21). The van der Waals surface area contributed by atoms with Crippen molar-refractivity contribution in [1.29, 1.82) is 0 Å². The zero-order valence-electron chi connectivity index (χ0n) is 12.8. The summed E-state index contributed by atoms with van der Waals surface area (Å²) in [5.74, 6) is 0.450. The van der Waals surface area contributed by atoms with Crippen molar-refractivity contribution in [2.45, 2.75) is 20.4 Å². The van der Waals surface area contributed by atoms with E-state index in [1.54, 1.807) is 11.9 Å². The van der Waals surface area contributed by atoms with Crippen LogP contribution in [-0.4, -0.2) is 36.9 Å². The van der Waals surface area contributed by atoms with Gasteiger partial charge in [0.05, 0.1) is 0 Å². The Hall–Kier alpha value is -1.88. The maximum absolute atomic E-state index is 12.3. The van der Waals surface area contributed by atoms with Crippen LogP contribution in [0.15, 0.2) is 24.3 Å². The van der Waals surface area contributed by atoms with Crippen molar-refractivity contribution in [3.05, 3.63) is 29.8 Å². The van der Waals surface area contributed by atoms with Crippen LogP contribution in [-0.2, 0) is 16.1 Å². The van der Waals surface area contributed by atoms with Gasteiger partial charge >= 0.3 is 0 Å². The molecule has 0 bridgehead atoms. The molecule has 2 rings (SSSR count). The second kappa shape index (κ2) is 6.72. The van der Waals surface area contributed by atoms with E-state index in [-0.39, 0.29) is 17.7 Å². The second-order valence-electron chi connectivity index (χ2n) is 5.73. The van der Waals surface area contributed by atoms with Crippen molar-refractivity contribution in [3.8, 4) is 0 Å². The molecule has 0 aliphatic carbocycles. The predicted octanol–water partition coefficient (Wildman–Crippen LogP) is 1.46. The Bertz CT molecular complexity index is 526. The van der Waals surface area contributed by atoms with Gasteiger partial charge in [-0.15, -0.1) is 0 Å². The van der Waals surface area contributed by atoms with Gasteiger partial charge in [0, 0.05) is 32.1 Å². The molecule has 1 atom stereocenters. The lowest BCUT2D eigenvalue weighted by atomic mass is 9.88. The molecule has 5 nitrogen and oxygen atoms in total. The van der Waals surface area contributed by atoms with Crippen molar-refractivity contribution in [1.82, 2.24) is 10.2 Å². The Labute approximate surface area is 125 Å². The number of hydrogen-bond donors (Lipinski definition) is 2. The second-order valence-corrected chi connectivity index (χ2v) is 5.73. The van der Waals surface area contributed by atoms with Gasteiger partial charge in [-0.2, -0.15) is 0 Å². The molecule has 1 heterocycles. The van der Waals surface area contributed by atoms with Crippen LogP contribution in [0.3, 0.4) is 0 Å². The van der Waals surface area contributed by atoms with Crippen molar-refractivity contribution >= 4 is 17.5 Å². The Morgan fingerprint density at radius 2 is 2.05 bits per heavy atom. The SMILES string of the molecule is CC(=O)N(C)Cc1ccccc1NC(=O)C(C)C1CNC1. The van der Waals surface area contributed by atoms with Crippen LogP contribution >= 0.6 is 0 Å². The van der Waals surface area contributed by atoms with E-state index in [1.165, 1.54) is 6.92 Å². The van der Waals surface area contributed by atoms with Crippen molar-refractivity contribution in [2.24, 2.45) is 11.8 Å². The molecule has 1 fully saturated rings. The molecule has 1 unspecified atom stereocenters. The third-order valence-electron chi connectivity index (χ3n) is 4.15. The molecule has 1 aliphatic rings. The van der Waals surface area contributed by atoms with E-state index in [9.17, 15) is 9.59 Å². The largest absolute Gasteiger partial charge is 0.342 e. The van der Waals surface area contributed by atoms with Gasteiger partial charge in [-0.3, -0.25) is 9.59 Å². The average molecular weight is 289 g/mol. The van der Waals surface area contributed by atoms with E-state index in [1.807, 2.05) is 31.2 Å². The highest BCUT2D eigenvalue weighted by molar-refractivity contribution is 5.93. The van der Waals surface area contributed by atoms with E-state index < -0.39 is 0 Å². The molecular weight excluding hydrogens is 266 g/mol. The third kappa shape index (κ3) is 3.82. The number of nitrogens with one attached hydrogen (secondary N) is 2. The quantitative estimate of drug-likeness (QED) is 0.862. The first-order valence-corrected chi connectivity index (χ1v) is 7.30. The number of para-hydroxylation sites is 1. The summed E-state index contributed by atoms with van der Waals surface area (Å²) >= 11 is 0. The Morgan fingerprint density at radius 3 is 2.62 bits per heavy atom. The summed E-state index contributed by atoms with van der Waals surface area (Å²) in [5, 5.41) is 6.19. The molecule has 114 valence electrons. The van der Waals surface area contributed by atoms with E-state index in [4.69, 9.17) is 0 Å². The van der Waals surface area contributed by atoms with Gasteiger partial charge in [-0.25, -0.2) is 0 Å². The summed E-state index contributed by atoms with van der Waals surface area (Å²) in [6.07, 6.45) is 0. The maximum atomic E-state index is 12.3. The molecule has 1 aromatic carbocycles. The van der Waals surface area contributed by atoms with Crippen LogP contribution in [0, 0.1) is 11.8 Å². The van der Waals surface area contributed by atoms with Crippen molar-refractivity contribution < 1.29 is 9.59 Å². The van der Waals surface area contributed by atoms with Gasteiger partial charge in [-0.1, -0.05) is 25.1 Å². The zero-order valence-corrected chi connectivity index (χ0v) is 12.8. The van der Waals surface area contributed by atoms with Gasteiger partial charge in [0.15, 0.2) is 0 Å².